The molecule has 200 valence electrons. The lowest BCUT2D eigenvalue weighted by atomic mass is 9.80. The Morgan fingerprint density at radius 2 is 1.81 bits per heavy atom. The van der Waals surface area contributed by atoms with Gasteiger partial charge < -0.3 is 14.2 Å². The highest BCUT2D eigenvalue weighted by Crippen LogP contribution is 2.37. The lowest BCUT2D eigenvalue weighted by molar-refractivity contribution is -0.139. The number of amides is 1. The van der Waals surface area contributed by atoms with Crippen LogP contribution in [0.1, 0.15) is 58.9 Å². The number of sulfonamides is 1. The molecule has 1 amide bonds. The van der Waals surface area contributed by atoms with Gasteiger partial charge in [0.05, 0.1) is 6.61 Å². The number of anilines is 1. The molecular weight excluding hydrogens is 486 g/mol. The predicted octanol–water partition coefficient (Wildman–Crippen LogP) is 5.77. The Morgan fingerprint density at radius 1 is 1.14 bits per heavy atom. The standard InChI is InChI=1S/C29H39N3O4S/c1-7-36-26-10-8-9-11-27(26)37(34,35)30-22-12-13-25-23(18-22)24(19-31(25)6)21-14-16-32(17-15-21)28(33)20(2)29(3,4)5/h8-13,18-21,30H,7,14-17H2,1-6H3. The van der Waals surface area contributed by atoms with Crippen molar-refractivity contribution in [1.29, 1.82) is 0 Å². The number of piperidine rings is 1. The van der Waals surface area contributed by atoms with Gasteiger partial charge in [-0.2, -0.15) is 0 Å². The van der Waals surface area contributed by atoms with E-state index in [0.29, 0.717) is 24.0 Å². The number of ether oxygens (including phenoxy) is 1. The van der Waals surface area contributed by atoms with E-state index in [1.54, 1.807) is 30.3 Å². The van der Waals surface area contributed by atoms with E-state index < -0.39 is 10.0 Å². The zero-order valence-electron chi connectivity index (χ0n) is 22.7. The van der Waals surface area contributed by atoms with Crippen molar-refractivity contribution in [2.75, 3.05) is 24.4 Å². The molecule has 0 aliphatic carbocycles. The number of carbonyl (C=O) groups excluding carboxylic acids is 1. The maximum Gasteiger partial charge on any atom is 0.265 e. The van der Waals surface area contributed by atoms with Gasteiger partial charge in [-0.1, -0.05) is 39.8 Å². The smallest absolute Gasteiger partial charge is 0.265 e. The normalized spacial score (nSPS) is 16.1. The molecule has 1 atom stereocenters. The summed E-state index contributed by atoms with van der Waals surface area (Å²) >= 11 is 0. The maximum atomic E-state index is 13.2. The summed E-state index contributed by atoms with van der Waals surface area (Å²) in [6.07, 6.45) is 3.92. The zero-order valence-corrected chi connectivity index (χ0v) is 23.6. The summed E-state index contributed by atoms with van der Waals surface area (Å²) in [6, 6.07) is 12.3. The molecule has 2 aromatic carbocycles. The van der Waals surface area contributed by atoms with Gasteiger partial charge in [-0.3, -0.25) is 9.52 Å². The number of nitrogens with zero attached hydrogens (tertiary/aromatic N) is 2. The first-order valence-electron chi connectivity index (χ1n) is 13.0. The summed E-state index contributed by atoms with van der Waals surface area (Å²) in [7, 11) is -1.82. The van der Waals surface area contributed by atoms with E-state index >= 15 is 0 Å². The van der Waals surface area contributed by atoms with Crippen LogP contribution in [0.2, 0.25) is 0 Å². The summed E-state index contributed by atoms with van der Waals surface area (Å²) in [6.45, 7) is 12.0. The molecule has 0 radical (unpaired) electrons. The van der Waals surface area contributed by atoms with Crippen molar-refractivity contribution in [3.05, 3.63) is 54.2 Å². The van der Waals surface area contributed by atoms with Crippen molar-refractivity contribution in [3.63, 3.8) is 0 Å². The number of aromatic nitrogens is 1. The first-order chi connectivity index (χ1) is 17.4. The van der Waals surface area contributed by atoms with Crippen molar-refractivity contribution in [2.24, 2.45) is 18.4 Å². The molecule has 1 aromatic heterocycles. The molecule has 1 aliphatic rings. The third-order valence-corrected chi connectivity index (χ3v) is 9.05. The number of carbonyl (C=O) groups is 1. The van der Waals surface area contributed by atoms with Gasteiger partial charge in [-0.05, 0) is 67.0 Å². The van der Waals surface area contributed by atoms with Crippen molar-refractivity contribution < 1.29 is 17.9 Å². The largest absolute Gasteiger partial charge is 0.492 e. The fourth-order valence-corrected chi connectivity index (χ4v) is 6.22. The Kier molecular flexibility index (Phi) is 7.60. The van der Waals surface area contributed by atoms with Crippen molar-refractivity contribution in [1.82, 2.24) is 9.47 Å². The molecule has 4 rings (SSSR count). The quantitative estimate of drug-likeness (QED) is 0.425. The minimum Gasteiger partial charge on any atom is -0.492 e. The molecule has 3 aromatic rings. The van der Waals surface area contributed by atoms with Gasteiger partial charge in [0.15, 0.2) is 0 Å². The number of likely N-dealkylation sites (tertiary alicyclic amines) is 1. The topological polar surface area (TPSA) is 80.6 Å². The van der Waals surface area contributed by atoms with E-state index in [-0.39, 0.29) is 22.1 Å². The van der Waals surface area contributed by atoms with Crippen LogP contribution in [0.5, 0.6) is 5.75 Å². The van der Waals surface area contributed by atoms with Gasteiger partial charge in [0.1, 0.15) is 10.6 Å². The summed E-state index contributed by atoms with van der Waals surface area (Å²) in [5.74, 6) is 0.849. The van der Waals surface area contributed by atoms with Crippen LogP contribution in [0.4, 0.5) is 5.69 Å². The summed E-state index contributed by atoms with van der Waals surface area (Å²) in [5, 5.41) is 1.04. The molecule has 0 bridgehead atoms. The number of rotatable bonds is 7. The molecule has 8 heteroatoms. The van der Waals surface area contributed by atoms with E-state index in [1.807, 2.05) is 37.9 Å². The van der Waals surface area contributed by atoms with E-state index in [9.17, 15) is 13.2 Å². The number of nitrogens with one attached hydrogen (secondary N) is 1. The van der Waals surface area contributed by atoms with Gasteiger partial charge in [-0.25, -0.2) is 8.42 Å². The molecule has 0 spiro atoms. The number of aryl methyl sites for hydroxylation is 1. The lowest BCUT2D eigenvalue weighted by Gasteiger charge is -2.36. The maximum absolute atomic E-state index is 13.2. The van der Waals surface area contributed by atoms with Crippen LogP contribution >= 0.6 is 0 Å². The highest BCUT2D eigenvalue weighted by Gasteiger charge is 2.33. The number of para-hydroxylation sites is 1. The second kappa shape index (κ2) is 10.4. The highest BCUT2D eigenvalue weighted by molar-refractivity contribution is 7.92. The second-order valence-corrected chi connectivity index (χ2v) is 12.8. The number of hydrogen-bond acceptors (Lipinski definition) is 4. The molecule has 2 heterocycles. The number of hydrogen-bond donors (Lipinski definition) is 1. The van der Waals surface area contributed by atoms with Crippen LogP contribution in [0.25, 0.3) is 10.9 Å². The fraction of sp³-hybridized carbons (Fsp3) is 0.483. The summed E-state index contributed by atoms with van der Waals surface area (Å²) in [4.78, 5) is 15.1. The zero-order chi connectivity index (χ0) is 27.0. The average molecular weight is 526 g/mol. The molecule has 1 aliphatic heterocycles. The van der Waals surface area contributed by atoms with Gasteiger partial charge >= 0.3 is 0 Å². The fourth-order valence-electron chi connectivity index (χ4n) is 5.02. The van der Waals surface area contributed by atoms with Crippen LogP contribution in [-0.2, 0) is 21.9 Å². The first-order valence-corrected chi connectivity index (χ1v) is 14.5. The Hall–Kier alpha value is -3.00. The Labute approximate surface area is 220 Å². The third kappa shape index (κ3) is 5.64. The lowest BCUT2D eigenvalue weighted by Crippen LogP contribution is -2.43. The monoisotopic (exact) mass is 525 g/mol. The first kappa shape index (κ1) is 27.0. The van der Waals surface area contributed by atoms with E-state index in [4.69, 9.17) is 4.74 Å². The summed E-state index contributed by atoms with van der Waals surface area (Å²) in [5.41, 5.74) is 2.70. The summed E-state index contributed by atoms with van der Waals surface area (Å²) < 4.78 is 36.8. The minimum absolute atomic E-state index is 0.0231. The van der Waals surface area contributed by atoms with Crippen LogP contribution < -0.4 is 9.46 Å². The van der Waals surface area contributed by atoms with Crippen molar-refractivity contribution >= 4 is 32.5 Å². The van der Waals surface area contributed by atoms with Crippen LogP contribution in [0.15, 0.2) is 53.6 Å². The van der Waals surface area contributed by atoms with Crippen LogP contribution in [0, 0.1) is 11.3 Å². The molecule has 1 fully saturated rings. The molecule has 1 saturated heterocycles. The third-order valence-electron chi connectivity index (χ3n) is 7.63. The molecule has 7 nitrogen and oxygen atoms in total. The Bertz CT molecular complexity index is 1380. The minimum atomic E-state index is -3.83. The SMILES string of the molecule is CCOc1ccccc1S(=O)(=O)Nc1ccc2c(c1)c(C1CCN(C(=O)C(C)C(C)(C)C)CC1)cn2C. The number of benzene rings is 2. The predicted molar refractivity (Wildman–Crippen MR) is 149 cm³/mol. The highest BCUT2D eigenvalue weighted by atomic mass is 32.2. The molecule has 37 heavy (non-hydrogen) atoms. The van der Waals surface area contributed by atoms with E-state index in [1.165, 1.54) is 5.56 Å². The number of fused-ring (bicyclic) bond motifs is 1. The van der Waals surface area contributed by atoms with Crippen LogP contribution in [0.3, 0.4) is 0 Å². The van der Waals surface area contributed by atoms with Crippen molar-refractivity contribution in [2.45, 2.75) is 58.3 Å². The Morgan fingerprint density at radius 3 is 2.46 bits per heavy atom. The van der Waals surface area contributed by atoms with Gasteiger partial charge in [0.2, 0.25) is 5.91 Å². The molecular formula is C29H39N3O4S. The van der Waals surface area contributed by atoms with Crippen LogP contribution in [-0.4, -0.2) is 43.5 Å². The second-order valence-electron chi connectivity index (χ2n) is 11.1. The Balaban J connectivity index is 1.56. The van der Waals surface area contributed by atoms with E-state index in [2.05, 4.69) is 36.3 Å². The molecule has 1 unspecified atom stereocenters. The van der Waals surface area contributed by atoms with Gasteiger partial charge in [0.25, 0.3) is 10.0 Å². The molecule has 0 saturated carbocycles. The van der Waals surface area contributed by atoms with E-state index in [0.717, 1.165) is 36.8 Å². The average Bonchev–Trinajstić information content (AvgIpc) is 3.18. The van der Waals surface area contributed by atoms with Crippen molar-refractivity contribution in [3.8, 4) is 5.75 Å². The molecule has 1 N–H and O–H groups in total. The van der Waals surface area contributed by atoms with Gasteiger partial charge in [0, 0.05) is 48.8 Å². The van der Waals surface area contributed by atoms with Gasteiger partial charge in [-0.15, -0.1) is 0 Å².